The molecule has 1 N–H and O–H groups in total. The lowest BCUT2D eigenvalue weighted by molar-refractivity contribution is -0.111. The van der Waals surface area contributed by atoms with Gasteiger partial charge in [0.05, 0.1) is 13.2 Å². The largest absolute Gasteiger partial charge is 0.494 e. The van der Waals surface area contributed by atoms with Crippen molar-refractivity contribution >= 4 is 34.3 Å². The number of carbonyl (C=O) groups excluding carboxylic acids is 2. The van der Waals surface area contributed by atoms with Crippen LogP contribution in [0.4, 0.5) is 5.00 Å². The molecule has 1 amide bonds. The van der Waals surface area contributed by atoms with E-state index in [2.05, 4.69) is 5.32 Å². The first-order valence-electron chi connectivity index (χ1n) is 9.68. The van der Waals surface area contributed by atoms with E-state index in [4.69, 9.17) is 9.47 Å². The first-order chi connectivity index (χ1) is 14.6. The Labute approximate surface area is 180 Å². The Bertz CT molecular complexity index is 1020. The van der Waals surface area contributed by atoms with Crippen LogP contribution in [0.5, 0.6) is 5.75 Å². The number of amides is 1. The quantitative estimate of drug-likeness (QED) is 0.377. The second-order valence-electron chi connectivity index (χ2n) is 6.26. The number of thiophene rings is 1. The molecule has 0 radical (unpaired) electrons. The van der Waals surface area contributed by atoms with Crippen LogP contribution in [0.1, 0.15) is 29.8 Å². The van der Waals surface area contributed by atoms with E-state index in [0.29, 0.717) is 17.2 Å². The molecule has 30 heavy (non-hydrogen) atoms. The number of benzene rings is 2. The third kappa shape index (κ3) is 5.36. The van der Waals surface area contributed by atoms with Crippen LogP contribution in [-0.4, -0.2) is 25.1 Å². The van der Waals surface area contributed by atoms with Crippen LogP contribution >= 0.6 is 11.3 Å². The molecule has 1 aromatic heterocycles. The highest BCUT2D eigenvalue weighted by Gasteiger charge is 2.22. The number of carbonyl (C=O) groups is 2. The summed E-state index contributed by atoms with van der Waals surface area (Å²) in [7, 11) is 0. The van der Waals surface area contributed by atoms with Crippen molar-refractivity contribution < 1.29 is 19.1 Å². The molecule has 6 heteroatoms. The van der Waals surface area contributed by atoms with Gasteiger partial charge in [-0.05, 0) is 43.2 Å². The number of anilines is 1. The fourth-order valence-electron chi connectivity index (χ4n) is 2.85. The Morgan fingerprint density at radius 2 is 1.73 bits per heavy atom. The van der Waals surface area contributed by atoms with E-state index in [9.17, 15) is 9.59 Å². The van der Waals surface area contributed by atoms with Crippen molar-refractivity contribution in [2.24, 2.45) is 0 Å². The van der Waals surface area contributed by atoms with Crippen LogP contribution < -0.4 is 10.1 Å². The monoisotopic (exact) mass is 421 g/mol. The molecule has 0 aliphatic carbocycles. The van der Waals surface area contributed by atoms with Crippen LogP contribution in [0.25, 0.3) is 17.2 Å². The fraction of sp³-hybridized carbons (Fsp3) is 0.167. The van der Waals surface area contributed by atoms with E-state index in [1.165, 1.54) is 17.4 Å². The second kappa shape index (κ2) is 10.4. The lowest BCUT2D eigenvalue weighted by Crippen LogP contribution is -2.12. The molecule has 154 valence electrons. The van der Waals surface area contributed by atoms with Crippen molar-refractivity contribution in [2.45, 2.75) is 13.8 Å². The summed E-state index contributed by atoms with van der Waals surface area (Å²) in [6.45, 7) is 4.54. The molecule has 1 heterocycles. The number of nitrogens with one attached hydrogen (secondary N) is 1. The smallest absolute Gasteiger partial charge is 0.341 e. The van der Waals surface area contributed by atoms with Gasteiger partial charge in [0.2, 0.25) is 5.91 Å². The zero-order chi connectivity index (χ0) is 21.3. The maximum absolute atomic E-state index is 12.6. The Morgan fingerprint density at radius 3 is 2.40 bits per heavy atom. The lowest BCUT2D eigenvalue weighted by Gasteiger charge is -2.08. The summed E-state index contributed by atoms with van der Waals surface area (Å²) in [5, 5.41) is 5.13. The molecule has 0 bridgehead atoms. The van der Waals surface area contributed by atoms with Gasteiger partial charge in [-0.3, -0.25) is 4.79 Å². The van der Waals surface area contributed by atoms with Gasteiger partial charge in [0, 0.05) is 17.0 Å². The number of hydrogen-bond acceptors (Lipinski definition) is 5. The van der Waals surface area contributed by atoms with E-state index in [1.807, 2.05) is 66.9 Å². The zero-order valence-corrected chi connectivity index (χ0v) is 17.7. The molecule has 2 aromatic carbocycles. The van der Waals surface area contributed by atoms with Crippen molar-refractivity contribution in [1.29, 1.82) is 0 Å². The highest BCUT2D eigenvalue weighted by molar-refractivity contribution is 7.15. The number of ether oxygens (including phenoxy) is 2. The third-order valence-corrected chi connectivity index (χ3v) is 5.11. The van der Waals surface area contributed by atoms with Gasteiger partial charge in [0.1, 0.15) is 16.3 Å². The molecule has 3 aromatic rings. The molecule has 0 aliphatic heterocycles. The van der Waals surface area contributed by atoms with Crippen molar-refractivity contribution in [3.8, 4) is 16.9 Å². The number of esters is 1. The summed E-state index contributed by atoms with van der Waals surface area (Å²) in [6.07, 6.45) is 3.15. The fourth-order valence-corrected chi connectivity index (χ4v) is 3.81. The summed E-state index contributed by atoms with van der Waals surface area (Å²) in [5.74, 6) is 0.00416. The van der Waals surface area contributed by atoms with Gasteiger partial charge in [-0.15, -0.1) is 11.3 Å². The minimum absolute atomic E-state index is 0.258. The number of hydrogen-bond donors (Lipinski definition) is 1. The van der Waals surface area contributed by atoms with Gasteiger partial charge in [-0.2, -0.15) is 0 Å². The highest BCUT2D eigenvalue weighted by Crippen LogP contribution is 2.36. The number of rotatable bonds is 8. The maximum atomic E-state index is 12.6. The molecule has 3 rings (SSSR count). The van der Waals surface area contributed by atoms with E-state index >= 15 is 0 Å². The van der Waals surface area contributed by atoms with Crippen molar-refractivity contribution in [1.82, 2.24) is 0 Å². The van der Waals surface area contributed by atoms with Gasteiger partial charge < -0.3 is 14.8 Å². The zero-order valence-electron chi connectivity index (χ0n) is 16.9. The molecule has 0 spiro atoms. The van der Waals surface area contributed by atoms with Crippen LogP contribution in [-0.2, 0) is 9.53 Å². The van der Waals surface area contributed by atoms with E-state index in [1.54, 1.807) is 13.0 Å². The normalized spacial score (nSPS) is 10.7. The summed E-state index contributed by atoms with van der Waals surface area (Å²) in [6, 6.07) is 17.0. The predicted octanol–water partition coefficient (Wildman–Crippen LogP) is 5.64. The highest BCUT2D eigenvalue weighted by atomic mass is 32.1. The molecular weight excluding hydrogens is 398 g/mol. The Morgan fingerprint density at radius 1 is 1.00 bits per heavy atom. The molecular formula is C24H23NO4S. The molecule has 0 fully saturated rings. The summed E-state index contributed by atoms with van der Waals surface area (Å²) < 4.78 is 10.6. The van der Waals surface area contributed by atoms with E-state index in [-0.39, 0.29) is 12.5 Å². The van der Waals surface area contributed by atoms with Crippen molar-refractivity contribution in [2.75, 3.05) is 18.5 Å². The summed E-state index contributed by atoms with van der Waals surface area (Å²) in [4.78, 5) is 25.0. The van der Waals surface area contributed by atoms with E-state index in [0.717, 1.165) is 22.4 Å². The maximum Gasteiger partial charge on any atom is 0.341 e. The minimum Gasteiger partial charge on any atom is -0.494 e. The Kier molecular flexibility index (Phi) is 7.40. The van der Waals surface area contributed by atoms with Gasteiger partial charge >= 0.3 is 5.97 Å². The summed E-state index contributed by atoms with van der Waals surface area (Å²) in [5.41, 5.74) is 2.87. The molecule has 0 saturated carbocycles. The van der Waals surface area contributed by atoms with Crippen LogP contribution in [0.3, 0.4) is 0 Å². The average Bonchev–Trinajstić information content (AvgIpc) is 3.18. The van der Waals surface area contributed by atoms with Gasteiger partial charge in [0.15, 0.2) is 0 Å². The Hall–Kier alpha value is -3.38. The second-order valence-corrected chi connectivity index (χ2v) is 7.14. The molecule has 0 saturated heterocycles. The van der Waals surface area contributed by atoms with Crippen molar-refractivity contribution in [3.63, 3.8) is 0 Å². The van der Waals surface area contributed by atoms with E-state index < -0.39 is 5.97 Å². The topological polar surface area (TPSA) is 64.6 Å². The van der Waals surface area contributed by atoms with Gasteiger partial charge in [0.25, 0.3) is 0 Å². The SMILES string of the molecule is CCOC(=O)c1c(-c2ccccc2)csc1NC(=O)/C=C/c1ccc(OCC)cc1. The third-order valence-electron chi connectivity index (χ3n) is 4.21. The van der Waals surface area contributed by atoms with Crippen molar-refractivity contribution in [3.05, 3.63) is 77.2 Å². The average molecular weight is 422 g/mol. The molecule has 5 nitrogen and oxygen atoms in total. The Balaban J connectivity index is 1.79. The first kappa shape index (κ1) is 21.3. The lowest BCUT2D eigenvalue weighted by atomic mass is 10.0. The molecule has 0 aliphatic rings. The first-order valence-corrected chi connectivity index (χ1v) is 10.6. The molecule has 0 unspecified atom stereocenters. The summed E-state index contributed by atoms with van der Waals surface area (Å²) >= 11 is 1.30. The predicted molar refractivity (Wildman–Crippen MR) is 121 cm³/mol. The van der Waals surface area contributed by atoms with Crippen LogP contribution in [0.2, 0.25) is 0 Å². The molecule has 0 atom stereocenters. The van der Waals surface area contributed by atoms with Crippen LogP contribution in [0, 0.1) is 0 Å². The van der Waals surface area contributed by atoms with Gasteiger partial charge in [-0.25, -0.2) is 4.79 Å². The van der Waals surface area contributed by atoms with Gasteiger partial charge in [-0.1, -0.05) is 42.5 Å². The standard InChI is InChI=1S/C24H23NO4S/c1-3-28-19-13-10-17(11-14-19)12-15-21(26)25-23-22(24(27)29-4-2)20(16-30-23)18-8-6-5-7-9-18/h5-16H,3-4H2,1-2H3,(H,25,26)/b15-12+. The van der Waals surface area contributed by atoms with Crippen LogP contribution in [0.15, 0.2) is 66.1 Å². The minimum atomic E-state index is -0.455.